The summed E-state index contributed by atoms with van der Waals surface area (Å²) in [7, 11) is 0. The molecule has 17 heavy (non-hydrogen) atoms. The van der Waals surface area contributed by atoms with E-state index < -0.39 is 12.2 Å². The van der Waals surface area contributed by atoms with Crippen molar-refractivity contribution in [2.75, 3.05) is 5.73 Å². The molecule has 7 nitrogen and oxygen atoms in total. The van der Waals surface area contributed by atoms with Gasteiger partial charge in [0.1, 0.15) is 17.9 Å². The summed E-state index contributed by atoms with van der Waals surface area (Å²) >= 11 is 0. The fourth-order valence-corrected chi connectivity index (χ4v) is 2.36. The molecule has 1 saturated carbocycles. The number of aliphatic hydroxyl groups is 2. The zero-order chi connectivity index (χ0) is 12.0. The van der Waals surface area contributed by atoms with Crippen LogP contribution in [0, 0.1) is 0 Å². The Morgan fingerprint density at radius 3 is 2.76 bits per heavy atom. The summed E-state index contributed by atoms with van der Waals surface area (Å²) in [6.07, 6.45) is 2.75. The number of nitrogens with zero attached hydrogens (tertiary/aromatic N) is 4. The lowest BCUT2D eigenvalue weighted by molar-refractivity contribution is 0.0241. The summed E-state index contributed by atoms with van der Waals surface area (Å²) in [5, 5.41) is 19.4. The zero-order valence-corrected chi connectivity index (χ0v) is 9.06. The molecule has 7 heteroatoms. The van der Waals surface area contributed by atoms with E-state index in [4.69, 9.17) is 5.73 Å². The van der Waals surface area contributed by atoms with Crippen LogP contribution in [0.5, 0.6) is 0 Å². The van der Waals surface area contributed by atoms with Crippen molar-refractivity contribution < 1.29 is 10.2 Å². The monoisotopic (exact) mass is 235 g/mol. The Hall–Kier alpha value is -1.73. The van der Waals surface area contributed by atoms with E-state index >= 15 is 0 Å². The van der Waals surface area contributed by atoms with Gasteiger partial charge in [-0.05, 0) is 12.8 Å². The molecular formula is C10H13N5O2. The van der Waals surface area contributed by atoms with Crippen LogP contribution >= 0.6 is 0 Å². The molecule has 90 valence electrons. The van der Waals surface area contributed by atoms with Crippen molar-refractivity contribution in [2.24, 2.45) is 0 Å². The van der Waals surface area contributed by atoms with Gasteiger partial charge in [-0.1, -0.05) is 0 Å². The first-order valence-corrected chi connectivity index (χ1v) is 5.47. The van der Waals surface area contributed by atoms with E-state index in [0.29, 0.717) is 29.8 Å². The Bertz CT molecular complexity index is 555. The summed E-state index contributed by atoms with van der Waals surface area (Å²) in [6.45, 7) is 0. The van der Waals surface area contributed by atoms with Crippen LogP contribution in [0.1, 0.15) is 18.9 Å². The van der Waals surface area contributed by atoms with Gasteiger partial charge < -0.3 is 20.5 Å². The minimum absolute atomic E-state index is 0.204. The first-order chi connectivity index (χ1) is 8.18. The molecule has 0 saturated heterocycles. The highest BCUT2D eigenvalue weighted by Crippen LogP contribution is 2.32. The molecule has 3 rings (SSSR count). The van der Waals surface area contributed by atoms with E-state index in [-0.39, 0.29) is 6.04 Å². The fraction of sp³-hybridized carbons (Fsp3) is 0.500. The Balaban J connectivity index is 2.10. The van der Waals surface area contributed by atoms with Gasteiger partial charge in [-0.25, -0.2) is 15.0 Å². The molecule has 2 aromatic rings. The van der Waals surface area contributed by atoms with Crippen molar-refractivity contribution in [2.45, 2.75) is 31.1 Å². The Morgan fingerprint density at radius 1 is 1.24 bits per heavy atom. The van der Waals surface area contributed by atoms with Gasteiger partial charge >= 0.3 is 0 Å². The average Bonchev–Trinajstić information content (AvgIpc) is 2.86. The SMILES string of the molecule is Nc1ncnc2c1ncn2[C@@H]1CC[C@@H](O)[C@@H]1O. The van der Waals surface area contributed by atoms with Crippen molar-refractivity contribution in [3.8, 4) is 0 Å². The Morgan fingerprint density at radius 2 is 2.06 bits per heavy atom. The molecule has 0 aromatic carbocycles. The van der Waals surface area contributed by atoms with E-state index in [9.17, 15) is 10.2 Å². The maximum atomic E-state index is 9.88. The van der Waals surface area contributed by atoms with Gasteiger partial charge in [-0.15, -0.1) is 0 Å². The first kappa shape index (κ1) is 10.4. The molecule has 1 aliphatic carbocycles. The van der Waals surface area contributed by atoms with E-state index in [2.05, 4.69) is 15.0 Å². The van der Waals surface area contributed by atoms with Gasteiger partial charge in [-0.2, -0.15) is 0 Å². The Labute approximate surface area is 96.9 Å². The van der Waals surface area contributed by atoms with E-state index in [1.54, 1.807) is 10.9 Å². The molecule has 2 aromatic heterocycles. The van der Waals surface area contributed by atoms with Gasteiger partial charge in [0.15, 0.2) is 11.5 Å². The molecule has 0 spiro atoms. The van der Waals surface area contributed by atoms with Crippen molar-refractivity contribution >= 4 is 17.0 Å². The second-order valence-corrected chi connectivity index (χ2v) is 4.29. The largest absolute Gasteiger partial charge is 0.390 e. The molecule has 0 bridgehead atoms. The van der Waals surface area contributed by atoms with Crippen LogP contribution in [0.3, 0.4) is 0 Å². The number of rotatable bonds is 1. The smallest absolute Gasteiger partial charge is 0.165 e. The van der Waals surface area contributed by atoms with Gasteiger partial charge in [0, 0.05) is 0 Å². The zero-order valence-electron chi connectivity index (χ0n) is 9.06. The van der Waals surface area contributed by atoms with Crippen molar-refractivity contribution in [3.63, 3.8) is 0 Å². The molecule has 0 amide bonds. The highest BCUT2D eigenvalue weighted by Gasteiger charge is 2.35. The van der Waals surface area contributed by atoms with Crippen LogP contribution in [0.15, 0.2) is 12.7 Å². The van der Waals surface area contributed by atoms with Crippen molar-refractivity contribution in [1.82, 2.24) is 19.5 Å². The third-order valence-electron chi connectivity index (χ3n) is 3.29. The topological polar surface area (TPSA) is 110 Å². The molecular weight excluding hydrogens is 222 g/mol. The van der Waals surface area contributed by atoms with E-state index in [1.807, 2.05) is 0 Å². The first-order valence-electron chi connectivity index (χ1n) is 5.47. The highest BCUT2D eigenvalue weighted by atomic mass is 16.3. The van der Waals surface area contributed by atoms with E-state index in [0.717, 1.165) is 0 Å². The summed E-state index contributed by atoms with van der Waals surface area (Å²) < 4.78 is 1.76. The van der Waals surface area contributed by atoms with Crippen LogP contribution in [-0.4, -0.2) is 41.9 Å². The second-order valence-electron chi connectivity index (χ2n) is 4.29. The minimum Gasteiger partial charge on any atom is -0.390 e. The van der Waals surface area contributed by atoms with Crippen LogP contribution in [-0.2, 0) is 0 Å². The summed E-state index contributed by atoms with van der Waals surface area (Å²) in [4.78, 5) is 12.1. The average molecular weight is 235 g/mol. The lowest BCUT2D eigenvalue weighted by Crippen LogP contribution is -2.26. The Kier molecular flexibility index (Phi) is 2.23. The minimum atomic E-state index is -0.788. The van der Waals surface area contributed by atoms with Crippen LogP contribution in [0.2, 0.25) is 0 Å². The van der Waals surface area contributed by atoms with Crippen LogP contribution < -0.4 is 5.73 Å². The number of imidazole rings is 1. The molecule has 1 fully saturated rings. The number of hydrogen-bond acceptors (Lipinski definition) is 6. The standard InChI is InChI=1S/C10H13N5O2/c11-9-7-10(13-3-12-9)15(4-14-7)5-1-2-6(16)8(5)17/h3-6,8,16-17H,1-2H2,(H2,11,12,13)/t5-,6-,8-/m1/s1. The van der Waals surface area contributed by atoms with Crippen molar-refractivity contribution in [1.29, 1.82) is 0 Å². The van der Waals surface area contributed by atoms with E-state index in [1.165, 1.54) is 6.33 Å². The molecule has 0 unspecified atom stereocenters. The molecule has 1 aliphatic rings. The van der Waals surface area contributed by atoms with Crippen LogP contribution in [0.25, 0.3) is 11.2 Å². The number of aromatic nitrogens is 4. The lowest BCUT2D eigenvalue weighted by atomic mass is 10.2. The van der Waals surface area contributed by atoms with Crippen molar-refractivity contribution in [3.05, 3.63) is 12.7 Å². The van der Waals surface area contributed by atoms with Gasteiger partial charge in [0.05, 0.1) is 18.5 Å². The maximum absolute atomic E-state index is 9.88. The highest BCUT2D eigenvalue weighted by molar-refractivity contribution is 5.81. The lowest BCUT2D eigenvalue weighted by Gasteiger charge is -2.17. The fourth-order valence-electron chi connectivity index (χ4n) is 2.36. The molecule has 0 radical (unpaired) electrons. The molecule has 4 N–H and O–H groups in total. The number of nitrogen functional groups attached to an aromatic ring is 1. The maximum Gasteiger partial charge on any atom is 0.165 e. The normalized spacial score (nSPS) is 28.9. The third kappa shape index (κ3) is 1.47. The number of anilines is 1. The number of hydrogen-bond donors (Lipinski definition) is 3. The molecule has 2 heterocycles. The number of aliphatic hydroxyl groups excluding tert-OH is 2. The summed E-state index contributed by atoms with van der Waals surface area (Å²) in [5.74, 6) is 0.321. The van der Waals surface area contributed by atoms with Gasteiger partial charge in [0.2, 0.25) is 0 Å². The predicted octanol–water partition coefficient (Wildman–Crippen LogP) is -0.535. The van der Waals surface area contributed by atoms with Gasteiger partial charge in [-0.3, -0.25) is 0 Å². The predicted molar refractivity (Wildman–Crippen MR) is 60.0 cm³/mol. The quantitative estimate of drug-likeness (QED) is 0.612. The second kappa shape index (κ2) is 3.64. The number of nitrogens with two attached hydrogens (primary N) is 1. The summed E-state index contributed by atoms with van der Waals surface area (Å²) in [6, 6.07) is -0.204. The summed E-state index contributed by atoms with van der Waals surface area (Å²) in [5.41, 5.74) is 6.81. The molecule has 0 aliphatic heterocycles. The van der Waals surface area contributed by atoms with Crippen LogP contribution in [0.4, 0.5) is 5.82 Å². The van der Waals surface area contributed by atoms with Gasteiger partial charge in [0.25, 0.3) is 0 Å². The number of fused-ring (bicyclic) bond motifs is 1. The third-order valence-corrected chi connectivity index (χ3v) is 3.29. The molecule has 3 atom stereocenters.